The second-order valence-electron chi connectivity index (χ2n) is 9.40. The molecule has 3 aliphatic carbocycles. The quantitative estimate of drug-likeness (QED) is 0.329. The largest absolute Gasteiger partial charge is 0.462 e. The number of rotatable bonds is 1. The zero-order valence-corrected chi connectivity index (χ0v) is 16.4. The van der Waals surface area contributed by atoms with E-state index in [1.807, 2.05) is 6.92 Å². The van der Waals surface area contributed by atoms with Gasteiger partial charge in [0.2, 0.25) is 0 Å². The van der Waals surface area contributed by atoms with Crippen molar-refractivity contribution in [3.63, 3.8) is 0 Å². The van der Waals surface area contributed by atoms with Crippen LogP contribution in [0.5, 0.6) is 0 Å². The summed E-state index contributed by atoms with van der Waals surface area (Å²) in [4.78, 5) is 36.2. The summed E-state index contributed by atoms with van der Waals surface area (Å²) in [5.74, 6) is -0.425. The maximum atomic E-state index is 12.7. The van der Waals surface area contributed by atoms with Crippen molar-refractivity contribution in [2.24, 2.45) is 28.6 Å². The molecule has 4 rings (SSSR count). The lowest BCUT2D eigenvalue weighted by atomic mass is 9.46. The van der Waals surface area contributed by atoms with Crippen LogP contribution in [0.15, 0.2) is 11.6 Å². The Labute approximate surface area is 159 Å². The van der Waals surface area contributed by atoms with Crippen LogP contribution in [0.3, 0.4) is 0 Å². The van der Waals surface area contributed by atoms with Gasteiger partial charge in [-0.2, -0.15) is 5.06 Å². The van der Waals surface area contributed by atoms with Gasteiger partial charge in [0.15, 0.2) is 0 Å². The second-order valence-corrected chi connectivity index (χ2v) is 9.40. The minimum atomic E-state index is -0.652. The van der Waals surface area contributed by atoms with Gasteiger partial charge in [0, 0.05) is 19.8 Å². The number of carbonyl (C=O) groups is 3. The number of ether oxygens (including phenoxy) is 1. The van der Waals surface area contributed by atoms with Crippen LogP contribution in [0.4, 0.5) is 0 Å². The SMILES string of the molecule is CC(=O)O[C@@H]1CC[C@@]2(C)C(=CC[C@H]3[C@H]4CC(=O)N(O)C(=O)[C@]4(C)CC[C@H]32)C1. The van der Waals surface area contributed by atoms with Crippen molar-refractivity contribution >= 4 is 17.8 Å². The lowest BCUT2D eigenvalue weighted by molar-refractivity contribution is -0.206. The molecule has 0 aromatic carbocycles. The van der Waals surface area contributed by atoms with E-state index in [9.17, 15) is 19.6 Å². The summed E-state index contributed by atoms with van der Waals surface area (Å²) in [6.07, 6.45) is 7.61. The molecule has 0 aromatic rings. The summed E-state index contributed by atoms with van der Waals surface area (Å²) < 4.78 is 5.46. The third kappa shape index (κ3) is 2.67. The predicted octanol–water partition coefficient (Wildman–Crippen LogP) is 3.24. The van der Waals surface area contributed by atoms with E-state index >= 15 is 0 Å². The number of imide groups is 1. The topological polar surface area (TPSA) is 83.9 Å². The van der Waals surface area contributed by atoms with Crippen LogP contribution in [-0.4, -0.2) is 34.2 Å². The highest BCUT2D eigenvalue weighted by Gasteiger charge is 2.60. The molecule has 1 heterocycles. The number of piperidine rings is 1. The zero-order valence-electron chi connectivity index (χ0n) is 16.4. The highest BCUT2D eigenvalue weighted by atomic mass is 16.5. The summed E-state index contributed by atoms with van der Waals surface area (Å²) in [5.41, 5.74) is 0.770. The molecule has 2 saturated carbocycles. The summed E-state index contributed by atoms with van der Waals surface area (Å²) in [5, 5.41) is 10.2. The van der Waals surface area contributed by atoms with Gasteiger partial charge in [-0.3, -0.25) is 19.6 Å². The van der Waals surface area contributed by atoms with Crippen molar-refractivity contribution < 1.29 is 24.3 Å². The molecule has 4 aliphatic rings. The lowest BCUT2D eigenvalue weighted by Gasteiger charge is -2.59. The number of allylic oxidation sites excluding steroid dienone is 1. The Bertz CT molecular complexity index is 730. The van der Waals surface area contributed by atoms with E-state index in [4.69, 9.17) is 4.74 Å². The summed E-state index contributed by atoms with van der Waals surface area (Å²) >= 11 is 0. The first-order valence-corrected chi connectivity index (χ1v) is 10.1. The Morgan fingerprint density at radius 1 is 1.15 bits per heavy atom. The van der Waals surface area contributed by atoms with Crippen molar-refractivity contribution in [2.45, 2.75) is 71.8 Å². The molecular weight excluding hydrogens is 346 g/mol. The number of carbonyl (C=O) groups excluding carboxylic acids is 3. The van der Waals surface area contributed by atoms with Gasteiger partial charge in [-0.15, -0.1) is 0 Å². The molecule has 2 amide bonds. The van der Waals surface area contributed by atoms with E-state index in [-0.39, 0.29) is 35.7 Å². The van der Waals surface area contributed by atoms with Crippen molar-refractivity contribution in [3.05, 3.63) is 11.6 Å². The third-order valence-electron chi connectivity index (χ3n) is 8.09. The van der Waals surface area contributed by atoms with E-state index in [2.05, 4.69) is 13.0 Å². The molecule has 0 spiro atoms. The maximum Gasteiger partial charge on any atom is 0.302 e. The molecule has 148 valence electrons. The molecule has 27 heavy (non-hydrogen) atoms. The zero-order chi connectivity index (χ0) is 19.6. The standard InChI is InChI=1S/C21H29NO5/c1-12(23)27-14-6-8-20(2)13(10-14)4-5-15-16(20)7-9-21(3)17(15)11-18(24)22(26)19(21)25/h4,14-17,26H,5-11H2,1-3H3/t14-,15-,16-,17-,20+,21-/m1/s1. The molecule has 0 radical (unpaired) electrons. The average molecular weight is 375 g/mol. The predicted molar refractivity (Wildman–Crippen MR) is 96.3 cm³/mol. The van der Waals surface area contributed by atoms with Crippen molar-refractivity contribution in [1.82, 2.24) is 5.06 Å². The molecule has 0 aromatic heterocycles. The molecule has 6 nitrogen and oxygen atoms in total. The van der Waals surface area contributed by atoms with E-state index in [1.165, 1.54) is 12.5 Å². The molecule has 6 heteroatoms. The lowest BCUT2D eigenvalue weighted by Crippen LogP contribution is -2.60. The number of fused-ring (bicyclic) bond motifs is 5. The number of hydroxylamine groups is 2. The average Bonchev–Trinajstić information content (AvgIpc) is 2.61. The first-order valence-electron chi connectivity index (χ1n) is 10.1. The third-order valence-corrected chi connectivity index (χ3v) is 8.09. The maximum absolute atomic E-state index is 12.7. The highest BCUT2D eigenvalue weighted by Crippen LogP contribution is 2.63. The Morgan fingerprint density at radius 2 is 1.85 bits per heavy atom. The van der Waals surface area contributed by atoms with Gasteiger partial charge in [0.1, 0.15) is 6.10 Å². The van der Waals surface area contributed by atoms with Crippen molar-refractivity contribution in [2.75, 3.05) is 0 Å². The van der Waals surface area contributed by atoms with Gasteiger partial charge in [-0.1, -0.05) is 25.5 Å². The van der Waals surface area contributed by atoms with Gasteiger partial charge in [-0.25, -0.2) is 0 Å². The minimum absolute atomic E-state index is 0.0135. The number of hydrogen-bond acceptors (Lipinski definition) is 5. The van der Waals surface area contributed by atoms with E-state index in [1.54, 1.807) is 0 Å². The van der Waals surface area contributed by atoms with Crippen molar-refractivity contribution in [3.8, 4) is 0 Å². The normalized spacial score (nSPS) is 44.0. The van der Waals surface area contributed by atoms with Crippen LogP contribution in [-0.2, 0) is 19.1 Å². The highest BCUT2D eigenvalue weighted by molar-refractivity contribution is 5.99. The molecule has 3 fully saturated rings. The minimum Gasteiger partial charge on any atom is -0.462 e. The van der Waals surface area contributed by atoms with Gasteiger partial charge in [0.05, 0.1) is 5.41 Å². The molecular formula is C21H29NO5. The number of amides is 2. The fourth-order valence-corrected chi connectivity index (χ4v) is 6.55. The monoisotopic (exact) mass is 375 g/mol. The first-order chi connectivity index (χ1) is 12.7. The van der Waals surface area contributed by atoms with Crippen LogP contribution < -0.4 is 0 Å². The molecule has 1 saturated heterocycles. The van der Waals surface area contributed by atoms with Crippen LogP contribution in [0.25, 0.3) is 0 Å². The number of nitrogens with zero attached hydrogens (tertiary/aromatic N) is 1. The van der Waals surface area contributed by atoms with Crippen LogP contribution in [0, 0.1) is 28.6 Å². The molecule has 0 unspecified atom stereocenters. The second kappa shape index (κ2) is 6.16. The Kier molecular flexibility index (Phi) is 4.26. The van der Waals surface area contributed by atoms with E-state index in [0.29, 0.717) is 17.4 Å². The molecule has 1 aliphatic heterocycles. The van der Waals surface area contributed by atoms with E-state index < -0.39 is 17.2 Å². The van der Waals surface area contributed by atoms with Gasteiger partial charge in [-0.05, 0) is 55.3 Å². The van der Waals surface area contributed by atoms with Crippen LogP contribution in [0.1, 0.15) is 65.7 Å². The number of esters is 1. The molecule has 0 bridgehead atoms. The smallest absolute Gasteiger partial charge is 0.302 e. The fraction of sp³-hybridized carbons (Fsp3) is 0.762. The summed E-state index contributed by atoms with van der Waals surface area (Å²) in [7, 11) is 0. The summed E-state index contributed by atoms with van der Waals surface area (Å²) in [6.45, 7) is 5.70. The van der Waals surface area contributed by atoms with Gasteiger partial charge >= 0.3 is 5.97 Å². The Balaban J connectivity index is 1.62. The summed E-state index contributed by atoms with van der Waals surface area (Å²) in [6, 6.07) is 0. The van der Waals surface area contributed by atoms with Crippen LogP contribution >= 0.6 is 0 Å². The van der Waals surface area contributed by atoms with Gasteiger partial charge < -0.3 is 4.74 Å². The Morgan fingerprint density at radius 3 is 2.56 bits per heavy atom. The first kappa shape index (κ1) is 18.7. The molecule has 1 N–H and O–H groups in total. The Hall–Kier alpha value is -1.69. The fourth-order valence-electron chi connectivity index (χ4n) is 6.55. The van der Waals surface area contributed by atoms with Gasteiger partial charge in [0.25, 0.3) is 11.8 Å². The van der Waals surface area contributed by atoms with Crippen LogP contribution in [0.2, 0.25) is 0 Å². The molecule has 6 atom stereocenters. The van der Waals surface area contributed by atoms with Crippen molar-refractivity contribution in [1.29, 1.82) is 0 Å². The van der Waals surface area contributed by atoms with E-state index in [0.717, 1.165) is 32.1 Å². The number of hydrogen-bond donors (Lipinski definition) is 1.